The van der Waals surface area contributed by atoms with Crippen molar-refractivity contribution in [2.24, 2.45) is 16.7 Å². The van der Waals surface area contributed by atoms with Gasteiger partial charge >= 0.3 is 12.1 Å². The van der Waals surface area contributed by atoms with Crippen molar-refractivity contribution in [1.82, 2.24) is 0 Å². The molecule has 0 radical (unpaired) electrons. The van der Waals surface area contributed by atoms with Crippen molar-refractivity contribution in [3.8, 4) is 0 Å². The number of halogens is 4. The molecule has 0 spiro atoms. The average molecular weight is 289 g/mol. The van der Waals surface area contributed by atoms with Crippen molar-refractivity contribution in [1.29, 1.82) is 0 Å². The van der Waals surface area contributed by atoms with Gasteiger partial charge in [-0.15, -0.1) is 0 Å². The minimum absolute atomic E-state index is 0.0590. The van der Waals surface area contributed by atoms with Crippen LogP contribution in [0.5, 0.6) is 0 Å². The van der Waals surface area contributed by atoms with E-state index in [0.717, 1.165) is 0 Å². The summed E-state index contributed by atoms with van der Waals surface area (Å²) in [6, 6.07) is 0. The van der Waals surface area contributed by atoms with Crippen molar-refractivity contribution in [2.75, 3.05) is 5.33 Å². The van der Waals surface area contributed by atoms with Gasteiger partial charge in [-0.2, -0.15) is 13.2 Å². The third-order valence-electron chi connectivity index (χ3n) is 3.48. The van der Waals surface area contributed by atoms with Gasteiger partial charge in [-0.3, -0.25) is 4.79 Å². The number of hydrogen-bond donors (Lipinski definition) is 1. The molecular formula is C9H12BrF3O2. The summed E-state index contributed by atoms with van der Waals surface area (Å²) in [5.74, 6) is -2.07. The van der Waals surface area contributed by atoms with E-state index < -0.39 is 35.3 Å². The Kier molecular flexibility index (Phi) is 2.87. The van der Waals surface area contributed by atoms with Crippen LogP contribution in [0.15, 0.2) is 0 Å². The van der Waals surface area contributed by atoms with Gasteiger partial charge in [-0.05, 0) is 5.41 Å². The lowest BCUT2D eigenvalue weighted by Crippen LogP contribution is -2.23. The van der Waals surface area contributed by atoms with Gasteiger partial charge in [-0.25, -0.2) is 0 Å². The summed E-state index contributed by atoms with van der Waals surface area (Å²) in [6.07, 6.45) is -5.37. The van der Waals surface area contributed by atoms with Gasteiger partial charge < -0.3 is 5.11 Å². The molecule has 6 heteroatoms. The topological polar surface area (TPSA) is 37.3 Å². The standard InChI is InChI=1S/C9H12BrF3O2/c1-7(2)5(6(14)15)8(7,4-10)3-9(11,12)13/h5H,3-4H2,1-2H3,(H,14,15). The van der Waals surface area contributed by atoms with E-state index in [1.165, 1.54) is 0 Å². The summed E-state index contributed by atoms with van der Waals surface area (Å²) in [5, 5.41) is 8.92. The maximum atomic E-state index is 12.3. The molecule has 1 aliphatic carbocycles. The molecule has 2 unspecified atom stereocenters. The van der Waals surface area contributed by atoms with E-state index in [4.69, 9.17) is 5.11 Å². The van der Waals surface area contributed by atoms with Crippen molar-refractivity contribution in [3.05, 3.63) is 0 Å². The maximum absolute atomic E-state index is 12.3. The first kappa shape index (κ1) is 12.8. The highest BCUT2D eigenvalue weighted by atomic mass is 79.9. The largest absolute Gasteiger partial charge is 0.481 e. The van der Waals surface area contributed by atoms with Crippen LogP contribution in [-0.2, 0) is 4.79 Å². The van der Waals surface area contributed by atoms with Crippen LogP contribution in [0.1, 0.15) is 20.3 Å². The lowest BCUT2D eigenvalue weighted by Gasteiger charge is -2.18. The van der Waals surface area contributed by atoms with Crippen LogP contribution in [-0.4, -0.2) is 22.6 Å². The number of hydrogen-bond acceptors (Lipinski definition) is 1. The monoisotopic (exact) mass is 288 g/mol. The summed E-state index contributed by atoms with van der Waals surface area (Å²) in [7, 11) is 0. The number of rotatable bonds is 3. The average Bonchev–Trinajstić information content (AvgIpc) is 2.44. The highest BCUT2D eigenvalue weighted by Gasteiger charge is 2.75. The van der Waals surface area contributed by atoms with Gasteiger partial charge in [0.1, 0.15) is 0 Å². The summed E-state index contributed by atoms with van der Waals surface area (Å²) in [4.78, 5) is 10.8. The molecular weight excluding hydrogens is 277 g/mol. The lowest BCUT2D eigenvalue weighted by atomic mass is 9.94. The van der Waals surface area contributed by atoms with Crippen molar-refractivity contribution in [3.63, 3.8) is 0 Å². The normalized spacial score (nSPS) is 33.9. The molecule has 88 valence electrons. The number of carbonyl (C=O) groups is 1. The van der Waals surface area contributed by atoms with Crippen molar-refractivity contribution in [2.45, 2.75) is 26.4 Å². The molecule has 1 rings (SSSR count). The summed E-state index contributed by atoms with van der Waals surface area (Å²) < 4.78 is 37.0. The number of carboxylic acid groups (broad SMARTS) is 1. The molecule has 1 N–H and O–H groups in total. The van der Waals surface area contributed by atoms with Crippen LogP contribution >= 0.6 is 15.9 Å². The molecule has 1 saturated carbocycles. The Morgan fingerprint density at radius 1 is 1.47 bits per heavy atom. The third-order valence-corrected chi connectivity index (χ3v) is 4.48. The summed E-state index contributed by atoms with van der Waals surface area (Å²) >= 11 is 3.01. The Balaban J connectivity index is 2.94. The molecule has 0 aromatic carbocycles. The summed E-state index contributed by atoms with van der Waals surface area (Å²) in [5.41, 5.74) is -2.01. The molecule has 0 saturated heterocycles. The van der Waals surface area contributed by atoms with E-state index in [9.17, 15) is 18.0 Å². The molecule has 2 nitrogen and oxygen atoms in total. The highest BCUT2D eigenvalue weighted by Crippen LogP contribution is 2.72. The predicted octanol–water partition coefficient (Wildman–Crippen LogP) is 3.06. The van der Waals surface area contributed by atoms with E-state index in [-0.39, 0.29) is 5.33 Å². The molecule has 0 heterocycles. The Hall–Kier alpha value is -0.260. The zero-order chi connectivity index (χ0) is 12.1. The molecule has 0 aromatic heterocycles. The first-order valence-electron chi connectivity index (χ1n) is 4.44. The Morgan fingerprint density at radius 2 is 1.93 bits per heavy atom. The Labute approximate surface area is 94.0 Å². The zero-order valence-corrected chi connectivity index (χ0v) is 9.94. The van der Waals surface area contributed by atoms with Crippen molar-refractivity contribution >= 4 is 21.9 Å². The van der Waals surface area contributed by atoms with Gasteiger partial charge in [0.05, 0.1) is 12.3 Å². The SMILES string of the molecule is CC1(C)C(C(=O)O)C1(CBr)CC(F)(F)F. The molecule has 1 fully saturated rings. The van der Waals surface area contributed by atoms with E-state index >= 15 is 0 Å². The van der Waals surface area contributed by atoms with Gasteiger partial charge in [0.2, 0.25) is 0 Å². The second kappa shape index (κ2) is 3.37. The highest BCUT2D eigenvalue weighted by molar-refractivity contribution is 9.09. The van der Waals surface area contributed by atoms with E-state index in [0.29, 0.717) is 0 Å². The predicted molar refractivity (Wildman–Crippen MR) is 51.8 cm³/mol. The van der Waals surface area contributed by atoms with Crippen LogP contribution in [0, 0.1) is 16.7 Å². The molecule has 0 bridgehead atoms. The first-order chi connectivity index (χ1) is 6.58. The number of alkyl halides is 4. The quantitative estimate of drug-likeness (QED) is 0.811. The Morgan fingerprint density at radius 3 is 2.13 bits per heavy atom. The third kappa shape index (κ3) is 1.88. The second-order valence-corrected chi connectivity index (χ2v) is 5.14. The van der Waals surface area contributed by atoms with E-state index in [1.807, 2.05) is 0 Å². The molecule has 2 atom stereocenters. The van der Waals surface area contributed by atoms with Crippen LogP contribution in [0.3, 0.4) is 0 Å². The second-order valence-electron chi connectivity index (χ2n) is 4.57. The minimum Gasteiger partial charge on any atom is -0.481 e. The maximum Gasteiger partial charge on any atom is 0.389 e. The number of aliphatic carboxylic acids is 1. The first-order valence-corrected chi connectivity index (χ1v) is 5.56. The van der Waals surface area contributed by atoms with Crippen LogP contribution < -0.4 is 0 Å². The number of carboxylic acids is 1. The fourth-order valence-electron chi connectivity index (χ4n) is 2.47. The van der Waals surface area contributed by atoms with Crippen LogP contribution in [0.2, 0.25) is 0 Å². The lowest BCUT2D eigenvalue weighted by molar-refractivity contribution is -0.151. The fraction of sp³-hybridized carbons (Fsp3) is 0.889. The molecule has 0 aliphatic heterocycles. The fourth-order valence-corrected chi connectivity index (χ4v) is 3.72. The summed E-state index contributed by atoms with van der Waals surface area (Å²) in [6.45, 7) is 3.14. The van der Waals surface area contributed by atoms with Crippen molar-refractivity contribution < 1.29 is 23.1 Å². The van der Waals surface area contributed by atoms with Gasteiger partial charge in [0.15, 0.2) is 0 Å². The smallest absolute Gasteiger partial charge is 0.389 e. The minimum atomic E-state index is -4.32. The molecule has 15 heavy (non-hydrogen) atoms. The van der Waals surface area contributed by atoms with Gasteiger partial charge in [0.25, 0.3) is 0 Å². The molecule has 0 aromatic rings. The molecule has 1 aliphatic rings. The van der Waals surface area contributed by atoms with Gasteiger partial charge in [0, 0.05) is 10.7 Å². The van der Waals surface area contributed by atoms with Gasteiger partial charge in [-0.1, -0.05) is 29.8 Å². The van der Waals surface area contributed by atoms with Crippen LogP contribution in [0.4, 0.5) is 13.2 Å². The van der Waals surface area contributed by atoms with E-state index in [1.54, 1.807) is 13.8 Å². The molecule has 0 amide bonds. The zero-order valence-electron chi connectivity index (χ0n) is 8.36. The van der Waals surface area contributed by atoms with E-state index in [2.05, 4.69) is 15.9 Å². The van der Waals surface area contributed by atoms with Crippen LogP contribution in [0.25, 0.3) is 0 Å². The Bertz CT molecular complexity index is 288.